The van der Waals surface area contributed by atoms with Crippen LogP contribution in [0.25, 0.3) is 0 Å². The number of hydrogen-bond acceptors (Lipinski definition) is 5. The molecule has 2 aromatic carbocycles. The van der Waals surface area contributed by atoms with E-state index in [-0.39, 0.29) is 30.2 Å². The molecule has 2 saturated heterocycles. The molecule has 1 unspecified atom stereocenters. The molecule has 4 aliphatic rings. The van der Waals surface area contributed by atoms with Crippen molar-refractivity contribution in [2.24, 2.45) is 17.8 Å². The maximum absolute atomic E-state index is 14.8. The first-order chi connectivity index (χ1) is 20.5. The van der Waals surface area contributed by atoms with Crippen LogP contribution in [0.2, 0.25) is 0 Å². The molecule has 2 aromatic rings. The number of fused-ring (bicyclic) bond motifs is 2. The number of amides is 3. The van der Waals surface area contributed by atoms with E-state index in [9.17, 15) is 19.5 Å². The molecule has 2 fully saturated rings. The summed E-state index contributed by atoms with van der Waals surface area (Å²) in [6.07, 6.45) is 7.60. The lowest BCUT2D eigenvalue weighted by atomic mass is 9.74. The number of hydrogen-bond donors (Lipinski definition) is 1. The highest BCUT2D eigenvalue weighted by Gasteiger charge is 2.75. The zero-order valence-electron chi connectivity index (χ0n) is 25.6. The Morgan fingerprint density at radius 1 is 0.930 bits per heavy atom. The number of aryl methyl sites for hydroxylation is 2. The second-order valence-corrected chi connectivity index (χ2v) is 13.0. The number of rotatable bonds is 6. The van der Waals surface area contributed by atoms with Gasteiger partial charge < -0.3 is 24.5 Å². The van der Waals surface area contributed by atoms with Gasteiger partial charge in [-0.2, -0.15) is 0 Å². The number of nitrogens with zero attached hydrogens (tertiary/aromatic N) is 3. The zero-order valence-corrected chi connectivity index (χ0v) is 25.6. The van der Waals surface area contributed by atoms with Crippen LogP contribution in [0.3, 0.4) is 0 Å². The molecule has 1 N–H and O–H groups in total. The molecule has 0 saturated carbocycles. The lowest BCUT2D eigenvalue weighted by Gasteiger charge is -2.41. The van der Waals surface area contributed by atoms with Crippen LogP contribution >= 0.6 is 0 Å². The minimum Gasteiger partial charge on any atom is -0.394 e. The Bertz CT molecular complexity index is 1500. The summed E-state index contributed by atoms with van der Waals surface area (Å²) in [5, 5.41) is 10.6. The summed E-state index contributed by atoms with van der Waals surface area (Å²) >= 11 is 0. The molecule has 0 aliphatic carbocycles. The summed E-state index contributed by atoms with van der Waals surface area (Å²) in [5.41, 5.74) is 1.25. The van der Waals surface area contributed by atoms with Gasteiger partial charge in [-0.05, 0) is 49.4 Å². The summed E-state index contributed by atoms with van der Waals surface area (Å²) in [4.78, 5) is 49.1. The number of carbonyl (C=O) groups is 3. The molecule has 4 aliphatic heterocycles. The lowest BCUT2D eigenvalue weighted by Crippen LogP contribution is -2.59. The highest BCUT2D eigenvalue weighted by atomic mass is 16.5. The number of ether oxygens (including phenoxy) is 1. The van der Waals surface area contributed by atoms with Gasteiger partial charge in [0.05, 0.1) is 30.1 Å². The first kappa shape index (κ1) is 29.3. The molecule has 226 valence electrons. The van der Waals surface area contributed by atoms with Crippen molar-refractivity contribution in [3.8, 4) is 0 Å². The highest BCUT2D eigenvalue weighted by Crippen LogP contribution is 2.58. The van der Waals surface area contributed by atoms with Gasteiger partial charge in [0.2, 0.25) is 11.8 Å². The van der Waals surface area contributed by atoms with Crippen molar-refractivity contribution < 1.29 is 24.2 Å². The maximum Gasteiger partial charge on any atom is 0.253 e. The van der Waals surface area contributed by atoms with Crippen LogP contribution < -0.4 is 4.90 Å². The number of carbonyl (C=O) groups excluding carboxylic acids is 3. The minimum atomic E-state index is -1.38. The maximum atomic E-state index is 14.8. The molecular formula is C35H41N3O5. The molecule has 43 heavy (non-hydrogen) atoms. The van der Waals surface area contributed by atoms with Crippen LogP contribution in [0.5, 0.6) is 0 Å². The van der Waals surface area contributed by atoms with Gasteiger partial charge in [-0.15, -0.1) is 0 Å². The molecule has 4 heterocycles. The Labute approximate surface area is 253 Å². The molecule has 3 amide bonds. The minimum absolute atomic E-state index is 0.135. The SMILES string of the molecule is Cc1ccc(C)c(N2CC=C[C@]34O[C@@]5(C)C=CCN(Cc6ccccc6)C(=O)[C@H]5[C@H]3C(=O)N([C@@H](CO)C(C)C)C4C2=O)c1. The fourth-order valence-electron chi connectivity index (χ4n) is 7.66. The number of anilines is 1. The Morgan fingerprint density at radius 3 is 2.35 bits per heavy atom. The molecule has 0 bridgehead atoms. The van der Waals surface area contributed by atoms with E-state index in [2.05, 4.69) is 0 Å². The van der Waals surface area contributed by atoms with E-state index in [0.717, 1.165) is 22.4 Å². The van der Waals surface area contributed by atoms with E-state index in [4.69, 9.17) is 4.74 Å². The van der Waals surface area contributed by atoms with Crippen LogP contribution in [0.4, 0.5) is 5.69 Å². The van der Waals surface area contributed by atoms with Crippen LogP contribution in [0.1, 0.15) is 37.5 Å². The van der Waals surface area contributed by atoms with Gasteiger partial charge in [-0.3, -0.25) is 14.4 Å². The van der Waals surface area contributed by atoms with E-state index in [0.29, 0.717) is 19.6 Å². The summed E-state index contributed by atoms with van der Waals surface area (Å²) < 4.78 is 6.97. The molecule has 6 rings (SSSR count). The number of aliphatic hydroxyl groups excluding tert-OH is 1. The molecule has 6 atom stereocenters. The topological polar surface area (TPSA) is 90.4 Å². The van der Waals surface area contributed by atoms with Gasteiger partial charge >= 0.3 is 0 Å². The predicted molar refractivity (Wildman–Crippen MR) is 164 cm³/mol. The van der Waals surface area contributed by atoms with Crippen LogP contribution in [-0.2, 0) is 25.7 Å². The molecule has 8 nitrogen and oxygen atoms in total. The Kier molecular flexibility index (Phi) is 7.33. The van der Waals surface area contributed by atoms with Crippen molar-refractivity contribution in [2.45, 2.75) is 64.4 Å². The summed E-state index contributed by atoms with van der Waals surface area (Å²) in [6, 6.07) is 14.1. The molecule has 8 heteroatoms. The first-order valence-corrected chi connectivity index (χ1v) is 15.2. The second kappa shape index (κ2) is 10.8. The Hall–Kier alpha value is -3.75. The van der Waals surface area contributed by atoms with Gasteiger partial charge in [0, 0.05) is 25.3 Å². The van der Waals surface area contributed by atoms with E-state index in [1.807, 2.05) is 107 Å². The largest absolute Gasteiger partial charge is 0.394 e. The van der Waals surface area contributed by atoms with Gasteiger partial charge in [0.25, 0.3) is 5.91 Å². The fraction of sp³-hybridized carbons (Fsp3) is 0.457. The predicted octanol–water partition coefficient (Wildman–Crippen LogP) is 3.79. The highest BCUT2D eigenvalue weighted by molar-refractivity contribution is 6.06. The second-order valence-electron chi connectivity index (χ2n) is 13.0. The van der Waals surface area contributed by atoms with E-state index in [1.165, 1.54) is 0 Å². The third-order valence-corrected chi connectivity index (χ3v) is 9.76. The molecule has 0 radical (unpaired) electrons. The number of aliphatic hydroxyl groups is 1. The van der Waals surface area contributed by atoms with Crippen LogP contribution in [-0.4, -0.2) is 75.6 Å². The lowest BCUT2D eigenvalue weighted by molar-refractivity contribution is -0.152. The van der Waals surface area contributed by atoms with Crippen LogP contribution in [0, 0.1) is 31.6 Å². The van der Waals surface area contributed by atoms with Crippen molar-refractivity contribution in [3.05, 3.63) is 89.5 Å². The third kappa shape index (κ3) is 4.54. The first-order valence-electron chi connectivity index (χ1n) is 15.2. The number of likely N-dealkylation sites (tertiary alicyclic amines) is 1. The Balaban J connectivity index is 1.48. The third-order valence-electron chi connectivity index (χ3n) is 9.76. The average molecular weight is 584 g/mol. The molecule has 1 spiro atoms. The van der Waals surface area contributed by atoms with Gasteiger partial charge in [0.15, 0.2) is 0 Å². The summed E-state index contributed by atoms with van der Waals surface area (Å²) in [7, 11) is 0. The average Bonchev–Trinajstić information content (AvgIpc) is 3.24. The van der Waals surface area contributed by atoms with E-state index in [1.54, 1.807) is 14.7 Å². The fourth-order valence-corrected chi connectivity index (χ4v) is 7.66. The monoisotopic (exact) mass is 583 g/mol. The molecule has 0 aromatic heterocycles. The zero-order chi connectivity index (χ0) is 30.7. The van der Waals surface area contributed by atoms with Crippen LogP contribution in [0.15, 0.2) is 72.8 Å². The van der Waals surface area contributed by atoms with E-state index >= 15 is 0 Å². The quantitative estimate of drug-likeness (QED) is 0.523. The van der Waals surface area contributed by atoms with E-state index < -0.39 is 35.1 Å². The summed E-state index contributed by atoms with van der Waals surface area (Å²) in [5.74, 6) is -2.67. The van der Waals surface area contributed by atoms with Gasteiger partial charge in [0.1, 0.15) is 11.6 Å². The molecular weight excluding hydrogens is 542 g/mol. The van der Waals surface area contributed by atoms with Crippen molar-refractivity contribution in [1.29, 1.82) is 0 Å². The van der Waals surface area contributed by atoms with Gasteiger partial charge in [-0.1, -0.05) is 80.6 Å². The van der Waals surface area contributed by atoms with Crippen molar-refractivity contribution in [3.63, 3.8) is 0 Å². The van der Waals surface area contributed by atoms with Crippen molar-refractivity contribution in [2.75, 3.05) is 24.6 Å². The smallest absolute Gasteiger partial charge is 0.253 e. The standard InChI is InChI=1S/C35H41N3O5/c1-22(2)27(21-39)38-30-33(42)37(26-19-23(3)13-14-24(26)4)18-10-16-35(30)29(32(38)41)28-31(40)36(17-9-15-34(28,5)43-35)20-25-11-7-6-8-12-25/h6-16,19,22,27-30,39H,17-18,20-21H2,1-5H3/t27-,28+,29-,30?,34-,35-/m0/s1. The number of benzene rings is 2. The van der Waals surface area contributed by atoms with Gasteiger partial charge in [-0.25, -0.2) is 0 Å². The summed E-state index contributed by atoms with van der Waals surface area (Å²) in [6.45, 7) is 10.5. The normalized spacial score (nSPS) is 30.8. The van der Waals surface area contributed by atoms with Crippen molar-refractivity contribution >= 4 is 23.4 Å². The Morgan fingerprint density at radius 2 is 1.65 bits per heavy atom. The van der Waals surface area contributed by atoms with Crippen molar-refractivity contribution in [1.82, 2.24) is 9.80 Å².